The Morgan fingerprint density at radius 2 is 1.85 bits per heavy atom. The summed E-state index contributed by atoms with van der Waals surface area (Å²) in [6, 6.07) is 13.0. The van der Waals surface area contributed by atoms with E-state index in [-0.39, 0.29) is 24.4 Å². The number of nitrogens with two attached hydrogens (primary N) is 1. The van der Waals surface area contributed by atoms with Crippen molar-refractivity contribution in [3.05, 3.63) is 59.9 Å². The first-order valence-corrected chi connectivity index (χ1v) is 6.28. The molecule has 5 heteroatoms. The highest BCUT2D eigenvalue weighted by molar-refractivity contribution is 6.08. The van der Waals surface area contributed by atoms with Crippen LogP contribution in [0.3, 0.4) is 0 Å². The zero-order valence-electron chi connectivity index (χ0n) is 11.7. The molecule has 1 aromatic heterocycles. The summed E-state index contributed by atoms with van der Waals surface area (Å²) < 4.78 is 1.93. The summed E-state index contributed by atoms with van der Waals surface area (Å²) in [6.45, 7) is 0.455. The maximum absolute atomic E-state index is 12.5. The van der Waals surface area contributed by atoms with Crippen LogP contribution in [-0.2, 0) is 0 Å². The van der Waals surface area contributed by atoms with Crippen molar-refractivity contribution in [2.75, 3.05) is 20.6 Å². The Bertz CT molecular complexity index is 551. The van der Waals surface area contributed by atoms with Crippen LogP contribution in [0.5, 0.6) is 0 Å². The molecular formula is C15H20ClN3O. The molecule has 0 bridgehead atoms. The highest BCUT2D eigenvalue weighted by Gasteiger charge is 2.19. The number of hydrogen-bond acceptors (Lipinski definition) is 3. The number of hydrogen-bond donors (Lipinski definition) is 1. The van der Waals surface area contributed by atoms with Crippen molar-refractivity contribution in [2.45, 2.75) is 6.17 Å². The average Bonchev–Trinajstić information content (AvgIpc) is 2.88. The van der Waals surface area contributed by atoms with Crippen LogP contribution in [0.4, 0.5) is 0 Å². The molecule has 0 aliphatic rings. The van der Waals surface area contributed by atoms with Crippen LogP contribution in [-0.4, -0.2) is 35.9 Å². The van der Waals surface area contributed by atoms with E-state index < -0.39 is 0 Å². The Labute approximate surface area is 125 Å². The first kappa shape index (κ1) is 16.4. The first-order chi connectivity index (χ1) is 9.15. The van der Waals surface area contributed by atoms with E-state index in [1.54, 1.807) is 0 Å². The second-order valence-electron chi connectivity index (χ2n) is 4.68. The summed E-state index contributed by atoms with van der Waals surface area (Å²) in [5.74, 6) is 0.0194. The number of aromatic nitrogens is 1. The molecule has 0 aliphatic heterocycles. The molecule has 0 fully saturated rings. The van der Waals surface area contributed by atoms with Crippen LogP contribution < -0.4 is 5.73 Å². The third-order valence-electron chi connectivity index (χ3n) is 3.18. The van der Waals surface area contributed by atoms with Crippen molar-refractivity contribution in [1.82, 2.24) is 9.47 Å². The summed E-state index contributed by atoms with van der Waals surface area (Å²) in [4.78, 5) is 14.5. The lowest BCUT2D eigenvalue weighted by atomic mass is 10.1. The van der Waals surface area contributed by atoms with E-state index in [4.69, 9.17) is 5.73 Å². The van der Waals surface area contributed by atoms with Crippen molar-refractivity contribution in [2.24, 2.45) is 5.73 Å². The molecule has 2 N–H and O–H groups in total. The van der Waals surface area contributed by atoms with Gasteiger partial charge in [-0.1, -0.05) is 30.3 Å². The van der Waals surface area contributed by atoms with Gasteiger partial charge in [-0.05, 0) is 26.2 Å². The van der Waals surface area contributed by atoms with E-state index >= 15 is 0 Å². The number of halogens is 1. The van der Waals surface area contributed by atoms with Gasteiger partial charge < -0.3 is 10.3 Å². The van der Waals surface area contributed by atoms with E-state index in [2.05, 4.69) is 0 Å². The number of carbonyl (C=O) groups excluding carboxylic acids is 1. The largest absolute Gasteiger partial charge is 0.327 e. The van der Waals surface area contributed by atoms with Crippen molar-refractivity contribution >= 4 is 18.2 Å². The van der Waals surface area contributed by atoms with Gasteiger partial charge in [0.2, 0.25) is 5.78 Å². The number of benzene rings is 1. The van der Waals surface area contributed by atoms with Crippen LogP contribution in [0.2, 0.25) is 0 Å². The van der Waals surface area contributed by atoms with Gasteiger partial charge in [0, 0.05) is 18.3 Å². The molecule has 1 heterocycles. The molecule has 108 valence electrons. The fourth-order valence-electron chi connectivity index (χ4n) is 2.16. The molecule has 0 saturated carbocycles. The fourth-order valence-corrected chi connectivity index (χ4v) is 2.16. The molecular weight excluding hydrogens is 274 g/mol. The predicted octanol–water partition coefficient (Wildman–Crippen LogP) is 2.16. The normalized spacial score (nSPS) is 12.0. The van der Waals surface area contributed by atoms with E-state index in [0.29, 0.717) is 17.8 Å². The van der Waals surface area contributed by atoms with E-state index in [0.717, 1.165) is 0 Å². The standard InChI is InChI=1S/C15H19N3O.ClH/c1-17(2)14(11-16)18-10-6-9-13(18)15(19)12-7-4-3-5-8-12;/h3-10,14H,11,16H2,1-2H3;1H. The van der Waals surface area contributed by atoms with Crippen molar-refractivity contribution in [3.63, 3.8) is 0 Å². The Hall–Kier alpha value is -1.62. The number of carbonyl (C=O) groups is 1. The van der Waals surface area contributed by atoms with E-state index in [1.807, 2.05) is 72.2 Å². The van der Waals surface area contributed by atoms with E-state index in [9.17, 15) is 4.79 Å². The van der Waals surface area contributed by atoms with Gasteiger partial charge in [0.15, 0.2) is 0 Å². The molecule has 1 aromatic carbocycles. The summed E-state index contributed by atoms with van der Waals surface area (Å²) in [5.41, 5.74) is 7.15. The quantitative estimate of drug-likeness (QED) is 0.860. The molecule has 1 atom stereocenters. The zero-order chi connectivity index (χ0) is 13.8. The highest BCUT2D eigenvalue weighted by Crippen LogP contribution is 2.16. The second-order valence-corrected chi connectivity index (χ2v) is 4.68. The van der Waals surface area contributed by atoms with Crippen molar-refractivity contribution in [3.8, 4) is 0 Å². The predicted molar refractivity (Wildman–Crippen MR) is 83.3 cm³/mol. The Kier molecular flexibility index (Phi) is 5.95. The SMILES string of the molecule is CN(C)C(CN)n1cccc1C(=O)c1ccccc1.Cl. The summed E-state index contributed by atoms with van der Waals surface area (Å²) in [5, 5.41) is 0. The highest BCUT2D eigenvalue weighted by atomic mass is 35.5. The minimum Gasteiger partial charge on any atom is -0.327 e. The zero-order valence-corrected chi connectivity index (χ0v) is 12.5. The summed E-state index contributed by atoms with van der Waals surface area (Å²) >= 11 is 0. The van der Waals surface area contributed by atoms with Gasteiger partial charge in [-0.3, -0.25) is 9.69 Å². The van der Waals surface area contributed by atoms with Crippen LogP contribution in [0.15, 0.2) is 48.7 Å². The lowest BCUT2D eigenvalue weighted by Crippen LogP contribution is -2.33. The van der Waals surface area contributed by atoms with Gasteiger partial charge in [-0.2, -0.15) is 0 Å². The van der Waals surface area contributed by atoms with Crippen LogP contribution in [0.1, 0.15) is 22.2 Å². The Morgan fingerprint density at radius 3 is 2.40 bits per heavy atom. The van der Waals surface area contributed by atoms with Gasteiger partial charge in [0.25, 0.3) is 0 Å². The summed E-state index contributed by atoms with van der Waals surface area (Å²) in [6.07, 6.45) is 1.88. The molecule has 0 saturated heterocycles. The van der Waals surface area contributed by atoms with E-state index in [1.165, 1.54) is 0 Å². The lowest BCUT2D eigenvalue weighted by molar-refractivity contribution is 0.102. The molecule has 4 nitrogen and oxygen atoms in total. The topological polar surface area (TPSA) is 51.3 Å². The average molecular weight is 294 g/mol. The first-order valence-electron chi connectivity index (χ1n) is 6.28. The maximum atomic E-state index is 12.5. The molecule has 0 aliphatic carbocycles. The smallest absolute Gasteiger partial charge is 0.209 e. The number of ketones is 1. The Balaban J connectivity index is 0.00000200. The van der Waals surface area contributed by atoms with Gasteiger partial charge in [0.1, 0.15) is 0 Å². The fraction of sp³-hybridized carbons (Fsp3) is 0.267. The number of rotatable bonds is 5. The molecule has 0 amide bonds. The molecule has 1 unspecified atom stereocenters. The molecule has 20 heavy (non-hydrogen) atoms. The van der Waals surface area contributed by atoms with Gasteiger partial charge in [0.05, 0.1) is 11.9 Å². The second kappa shape index (κ2) is 7.24. The molecule has 2 aromatic rings. The number of likely N-dealkylation sites (N-methyl/N-ethyl adjacent to an activating group) is 1. The molecule has 0 radical (unpaired) electrons. The van der Waals surface area contributed by atoms with Crippen LogP contribution in [0, 0.1) is 0 Å². The van der Waals surface area contributed by atoms with Crippen molar-refractivity contribution < 1.29 is 4.79 Å². The van der Waals surface area contributed by atoms with Crippen molar-refractivity contribution in [1.29, 1.82) is 0 Å². The van der Waals surface area contributed by atoms with Gasteiger partial charge in [-0.15, -0.1) is 12.4 Å². The third-order valence-corrected chi connectivity index (χ3v) is 3.18. The van der Waals surface area contributed by atoms with Gasteiger partial charge in [-0.25, -0.2) is 0 Å². The van der Waals surface area contributed by atoms with Crippen LogP contribution >= 0.6 is 12.4 Å². The third kappa shape index (κ3) is 3.28. The number of nitrogens with zero attached hydrogens (tertiary/aromatic N) is 2. The lowest BCUT2D eigenvalue weighted by Gasteiger charge is -2.26. The Morgan fingerprint density at radius 1 is 1.20 bits per heavy atom. The maximum Gasteiger partial charge on any atom is 0.209 e. The summed E-state index contributed by atoms with van der Waals surface area (Å²) in [7, 11) is 3.91. The monoisotopic (exact) mass is 293 g/mol. The van der Waals surface area contributed by atoms with Crippen LogP contribution in [0.25, 0.3) is 0 Å². The molecule has 0 spiro atoms. The van der Waals surface area contributed by atoms with Gasteiger partial charge >= 0.3 is 0 Å². The molecule has 2 rings (SSSR count). The minimum atomic E-state index is -0.0161. The minimum absolute atomic E-state index is 0.